The molecule has 0 aromatic rings. The van der Waals surface area contributed by atoms with Gasteiger partial charge in [0.1, 0.15) is 6.61 Å². The first kappa shape index (κ1) is 14.8. The number of carbonyl (C=O) groups is 1. The number of hydrogen-bond acceptors (Lipinski definition) is 4. The third kappa shape index (κ3) is 5.11. The van der Waals surface area contributed by atoms with Gasteiger partial charge in [0, 0.05) is 13.0 Å². The Morgan fingerprint density at radius 3 is 2.95 bits per heavy atom. The molecule has 0 aliphatic carbocycles. The Morgan fingerprint density at radius 2 is 2.26 bits per heavy atom. The number of carbonyl (C=O) groups excluding carboxylic acids is 1. The van der Waals surface area contributed by atoms with Gasteiger partial charge in [-0.2, -0.15) is 0 Å². The van der Waals surface area contributed by atoms with E-state index in [1.54, 1.807) is 0 Å². The van der Waals surface area contributed by atoms with Crippen molar-refractivity contribution < 1.29 is 14.3 Å². The topological polar surface area (TPSA) is 47.6 Å². The Morgan fingerprint density at radius 1 is 1.37 bits per heavy atom. The molecule has 19 heavy (non-hydrogen) atoms. The molecule has 0 amide bonds. The van der Waals surface area contributed by atoms with Crippen molar-refractivity contribution in [3.8, 4) is 0 Å². The van der Waals surface area contributed by atoms with E-state index in [4.69, 9.17) is 9.47 Å². The Hall–Kier alpha value is -0.610. The van der Waals surface area contributed by atoms with Gasteiger partial charge in [0.15, 0.2) is 0 Å². The summed E-state index contributed by atoms with van der Waals surface area (Å²) in [7, 11) is 0. The lowest BCUT2D eigenvalue weighted by molar-refractivity contribution is -0.150. The van der Waals surface area contributed by atoms with E-state index in [9.17, 15) is 4.79 Å². The van der Waals surface area contributed by atoms with Crippen LogP contribution < -0.4 is 5.32 Å². The lowest BCUT2D eigenvalue weighted by Crippen LogP contribution is -2.34. The van der Waals surface area contributed by atoms with Gasteiger partial charge in [-0.3, -0.25) is 4.79 Å². The van der Waals surface area contributed by atoms with E-state index in [0.29, 0.717) is 24.9 Å². The van der Waals surface area contributed by atoms with Crippen molar-refractivity contribution >= 4 is 5.97 Å². The number of piperidine rings is 1. The molecule has 2 rings (SSSR count). The maximum Gasteiger partial charge on any atom is 0.306 e. The fraction of sp³-hybridized carbons (Fsp3) is 0.933. The van der Waals surface area contributed by atoms with E-state index in [2.05, 4.69) is 12.2 Å². The van der Waals surface area contributed by atoms with Crippen LogP contribution in [0.1, 0.15) is 45.4 Å². The van der Waals surface area contributed by atoms with Crippen molar-refractivity contribution in [2.24, 2.45) is 11.8 Å². The zero-order valence-corrected chi connectivity index (χ0v) is 12.0. The predicted octanol–water partition coefficient (Wildman–Crippen LogP) is 2.12. The van der Waals surface area contributed by atoms with Gasteiger partial charge in [0.05, 0.1) is 6.10 Å². The van der Waals surface area contributed by atoms with Crippen LogP contribution in [0.4, 0.5) is 0 Å². The minimum absolute atomic E-state index is 0.0627. The maximum atomic E-state index is 11.8. The molecule has 3 unspecified atom stereocenters. The van der Waals surface area contributed by atoms with Crippen molar-refractivity contribution in [3.05, 3.63) is 0 Å². The van der Waals surface area contributed by atoms with Crippen LogP contribution >= 0.6 is 0 Å². The first-order valence-electron chi connectivity index (χ1n) is 7.73. The summed E-state index contributed by atoms with van der Waals surface area (Å²) in [6.45, 7) is 5.57. The second-order valence-corrected chi connectivity index (χ2v) is 5.96. The number of esters is 1. The smallest absolute Gasteiger partial charge is 0.306 e. The van der Waals surface area contributed by atoms with Crippen LogP contribution in [0, 0.1) is 11.8 Å². The molecule has 3 atom stereocenters. The van der Waals surface area contributed by atoms with Crippen molar-refractivity contribution in [3.63, 3.8) is 0 Å². The highest BCUT2D eigenvalue weighted by atomic mass is 16.6. The van der Waals surface area contributed by atoms with Crippen LogP contribution in [0.3, 0.4) is 0 Å². The highest BCUT2D eigenvalue weighted by Gasteiger charge is 2.23. The van der Waals surface area contributed by atoms with Crippen LogP contribution in [0.25, 0.3) is 0 Å². The summed E-state index contributed by atoms with van der Waals surface area (Å²) >= 11 is 0. The summed E-state index contributed by atoms with van der Waals surface area (Å²) in [4.78, 5) is 11.8. The summed E-state index contributed by atoms with van der Waals surface area (Å²) in [5.41, 5.74) is 0. The minimum Gasteiger partial charge on any atom is -0.463 e. The predicted molar refractivity (Wildman–Crippen MR) is 73.9 cm³/mol. The van der Waals surface area contributed by atoms with Crippen LogP contribution in [0.5, 0.6) is 0 Å². The fourth-order valence-corrected chi connectivity index (χ4v) is 2.98. The summed E-state index contributed by atoms with van der Waals surface area (Å²) in [5, 5.41) is 3.40. The van der Waals surface area contributed by atoms with Gasteiger partial charge in [0.25, 0.3) is 0 Å². The number of ether oxygens (including phenoxy) is 2. The molecule has 2 heterocycles. The molecule has 1 N–H and O–H groups in total. The van der Waals surface area contributed by atoms with E-state index < -0.39 is 0 Å². The summed E-state index contributed by atoms with van der Waals surface area (Å²) in [5.74, 6) is 0.965. The average Bonchev–Trinajstić information content (AvgIpc) is 2.47. The molecule has 0 saturated carbocycles. The first-order valence-corrected chi connectivity index (χ1v) is 7.73. The highest BCUT2D eigenvalue weighted by molar-refractivity contribution is 5.69. The fourth-order valence-electron chi connectivity index (χ4n) is 2.98. The molecule has 110 valence electrons. The largest absolute Gasteiger partial charge is 0.463 e. The summed E-state index contributed by atoms with van der Waals surface area (Å²) in [6, 6.07) is 0. The van der Waals surface area contributed by atoms with Crippen LogP contribution in [-0.2, 0) is 14.3 Å². The molecule has 2 fully saturated rings. The standard InChI is InChI=1S/C15H27NO3/c1-12(13-5-4-7-16-10-13)9-15(17)19-11-14-6-2-3-8-18-14/h12-14,16H,2-11H2,1H3. The molecule has 4 heteroatoms. The molecule has 2 aliphatic rings. The second kappa shape index (κ2) is 7.85. The monoisotopic (exact) mass is 269 g/mol. The van der Waals surface area contributed by atoms with Crippen LogP contribution in [0.15, 0.2) is 0 Å². The maximum absolute atomic E-state index is 11.8. The van der Waals surface area contributed by atoms with Gasteiger partial charge in [-0.1, -0.05) is 6.92 Å². The molecule has 0 bridgehead atoms. The van der Waals surface area contributed by atoms with E-state index in [1.807, 2.05) is 0 Å². The molecule has 0 aromatic heterocycles. The average molecular weight is 269 g/mol. The molecule has 2 aliphatic heterocycles. The van der Waals surface area contributed by atoms with Gasteiger partial charge >= 0.3 is 5.97 Å². The molecular formula is C15H27NO3. The van der Waals surface area contributed by atoms with Crippen molar-refractivity contribution in [1.82, 2.24) is 5.32 Å². The Labute approximate surface area is 116 Å². The highest BCUT2D eigenvalue weighted by Crippen LogP contribution is 2.23. The lowest BCUT2D eigenvalue weighted by Gasteiger charge is -2.28. The number of rotatable bonds is 5. The Kier molecular flexibility index (Phi) is 6.11. The van der Waals surface area contributed by atoms with Gasteiger partial charge < -0.3 is 14.8 Å². The normalized spacial score (nSPS) is 29.7. The van der Waals surface area contributed by atoms with E-state index in [1.165, 1.54) is 19.3 Å². The van der Waals surface area contributed by atoms with E-state index in [0.717, 1.165) is 32.5 Å². The molecular weight excluding hydrogens is 242 g/mol. The van der Waals surface area contributed by atoms with Crippen molar-refractivity contribution in [1.29, 1.82) is 0 Å². The number of hydrogen-bond donors (Lipinski definition) is 1. The van der Waals surface area contributed by atoms with Crippen LogP contribution in [-0.4, -0.2) is 38.4 Å². The van der Waals surface area contributed by atoms with Gasteiger partial charge in [-0.05, 0) is 57.0 Å². The minimum atomic E-state index is -0.0627. The molecule has 0 radical (unpaired) electrons. The van der Waals surface area contributed by atoms with E-state index in [-0.39, 0.29) is 12.1 Å². The molecule has 2 saturated heterocycles. The zero-order valence-electron chi connectivity index (χ0n) is 12.0. The summed E-state index contributed by atoms with van der Waals surface area (Å²) in [6.07, 6.45) is 6.47. The van der Waals surface area contributed by atoms with Gasteiger partial charge in [-0.15, -0.1) is 0 Å². The Bertz CT molecular complexity index is 271. The first-order chi connectivity index (χ1) is 9.25. The van der Waals surface area contributed by atoms with Crippen molar-refractivity contribution in [2.75, 3.05) is 26.3 Å². The molecule has 4 nitrogen and oxygen atoms in total. The van der Waals surface area contributed by atoms with Gasteiger partial charge in [-0.25, -0.2) is 0 Å². The van der Waals surface area contributed by atoms with E-state index >= 15 is 0 Å². The molecule has 0 aromatic carbocycles. The van der Waals surface area contributed by atoms with Gasteiger partial charge in [0.2, 0.25) is 0 Å². The third-order valence-electron chi connectivity index (χ3n) is 4.33. The summed E-state index contributed by atoms with van der Waals surface area (Å²) < 4.78 is 10.9. The lowest BCUT2D eigenvalue weighted by atomic mass is 9.85. The zero-order chi connectivity index (χ0) is 13.5. The SMILES string of the molecule is CC(CC(=O)OCC1CCCCO1)C1CCCNC1. The third-order valence-corrected chi connectivity index (χ3v) is 4.33. The second-order valence-electron chi connectivity index (χ2n) is 5.96. The van der Waals surface area contributed by atoms with Crippen molar-refractivity contribution in [2.45, 2.75) is 51.6 Å². The molecule has 0 spiro atoms. The van der Waals surface area contributed by atoms with Crippen LogP contribution in [0.2, 0.25) is 0 Å². The Balaban J connectivity index is 1.62. The number of nitrogens with one attached hydrogen (secondary N) is 1. The quantitative estimate of drug-likeness (QED) is 0.777.